The smallest absolute Gasteiger partial charge is 0.240 e. The van der Waals surface area contributed by atoms with E-state index in [4.69, 9.17) is 16.3 Å². The molecule has 0 bridgehead atoms. The first kappa shape index (κ1) is 17.2. The van der Waals surface area contributed by atoms with Crippen LogP contribution in [0.2, 0.25) is 5.02 Å². The Balaban J connectivity index is 1.36. The van der Waals surface area contributed by atoms with Crippen molar-refractivity contribution in [3.8, 4) is 5.75 Å². The summed E-state index contributed by atoms with van der Waals surface area (Å²) in [6, 6.07) is 7.45. The number of likely N-dealkylation sites (tertiary alicyclic amines) is 1. The van der Waals surface area contributed by atoms with Crippen molar-refractivity contribution in [2.24, 2.45) is 5.92 Å². The topological polar surface area (TPSA) is 54.5 Å². The summed E-state index contributed by atoms with van der Waals surface area (Å²) >= 11 is 7.30. The summed E-state index contributed by atoms with van der Waals surface area (Å²) in [4.78, 5) is 18.2. The SMILES string of the molecule is O=C(CN1CCC(COc2ccc(Cl)cc2)CC1)Nc1nccs1. The fraction of sp³-hybridized carbons (Fsp3) is 0.412. The molecule has 3 rings (SSSR count). The van der Waals surface area contributed by atoms with Crippen LogP contribution >= 0.6 is 22.9 Å². The molecule has 128 valence electrons. The second-order valence-electron chi connectivity index (χ2n) is 5.87. The molecule has 0 aliphatic carbocycles. The first-order valence-electron chi connectivity index (χ1n) is 7.99. The van der Waals surface area contributed by atoms with E-state index in [1.54, 1.807) is 6.20 Å². The van der Waals surface area contributed by atoms with Crippen LogP contribution < -0.4 is 10.1 Å². The summed E-state index contributed by atoms with van der Waals surface area (Å²) in [6.07, 6.45) is 3.77. The van der Waals surface area contributed by atoms with Crippen molar-refractivity contribution in [3.05, 3.63) is 40.9 Å². The molecule has 1 aliphatic rings. The maximum absolute atomic E-state index is 12.0. The van der Waals surface area contributed by atoms with Crippen LogP contribution in [-0.2, 0) is 4.79 Å². The standard InChI is InChI=1S/C17H20ClN3O2S/c18-14-1-3-15(4-2-14)23-12-13-5-8-21(9-6-13)11-16(22)20-17-19-7-10-24-17/h1-4,7,10,13H,5-6,8-9,11-12H2,(H,19,20,22). The molecule has 7 heteroatoms. The van der Waals surface area contributed by atoms with E-state index in [0.717, 1.165) is 31.7 Å². The van der Waals surface area contributed by atoms with E-state index in [-0.39, 0.29) is 5.91 Å². The molecular weight excluding hydrogens is 346 g/mol. The molecule has 1 aromatic heterocycles. The highest BCUT2D eigenvalue weighted by Crippen LogP contribution is 2.21. The van der Waals surface area contributed by atoms with E-state index in [1.165, 1.54) is 11.3 Å². The van der Waals surface area contributed by atoms with Gasteiger partial charge in [-0.1, -0.05) is 11.6 Å². The molecular formula is C17H20ClN3O2S. The van der Waals surface area contributed by atoms with Crippen LogP contribution in [0.15, 0.2) is 35.8 Å². The van der Waals surface area contributed by atoms with Gasteiger partial charge in [0.15, 0.2) is 5.13 Å². The Labute approximate surface area is 150 Å². The minimum absolute atomic E-state index is 0.000754. The number of benzene rings is 1. The number of nitrogens with one attached hydrogen (secondary N) is 1. The number of rotatable bonds is 6. The average Bonchev–Trinajstić information content (AvgIpc) is 3.08. The molecule has 24 heavy (non-hydrogen) atoms. The molecule has 0 saturated carbocycles. The van der Waals surface area contributed by atoms with E-state index in [2.05, 4.69) is 15.2 Å². The number of halogens is 1. The number of anilines is 1. The Morgan fingerprint density at radius 3 is 2.75 bits per heavy atom. The summed E-state index contributed by atoms with van der Waals surface area (Å²) < 4.78 is 5.82. The van der Waals surface area contributed by atoms with E-state index >= 15 is 0 Å². The molecule has 0 unspecified atom stereocenters. The number of nitrogens with zero attached hydrogens (tertiary/aromatic N) is 2. The lowest BCUT2D eigenvalue weighted by molar-refractivity contribution is -0.117. The number of ether oxygens (including phenoxy) is 1. The van der Waals surface area contributed by atoms with Crippen LogP contribution in [-0.4, -0.2) is 42.0 Å². The van der Waals surface area contributed by atoms with Crippen molar-refractivity contribution in [1.29, 1.82) is 0 Å². The van der Waals surface area contributed by atoms with E-state index in [0.29, 0.717) is 29.2 Å². The second kappa shape index (κ2) is 8.46. The van der Waals surface area contributed by atoms with E-state index < -0.39 is 0 Å². The molecule has 2 heterocycles. The number of hydrogen-bond acceptors (Lipinski definition) is 5. The van der Waals surface area contributed by atoms with Gasteiger partial charge in [0.05, 0.1) is 13.2 Å². The van der Waals surface area contributed by atoms with E-state index in [9.17, 15) is 4.79 Å². The minimum Gasteiger partial charge on any atom is -0.493 e. The summed E-state index contributed by atoms with van der Waals surface area (Å²) in [6.45, 7) is 2.96. The maximum atomic E-state index is 12.0. The largest absolute Gasteiger partial charge is 0.493 e. The van der Waals surface area contributed by atoms with Crippen molar-refractivity contribution < 1.29 is 9.53 Å². The first-order valence-corrected chi connectivity index (χ1v) is 9.25. The molecule has 1 N–H and O–H groups in total. The molecule has 1 fully saturated rings. The van der Waals surface area contributed by atoms with Crippen LogP contribution in [0.1, 0.15) is 12.8 Å². The summed E-state index contributed by atoms with van der Waals surface area (Å²) in [5.74, 6) is 1.38. The zero-order valence-corrected chi connectivity index (χ0v) is 14.9. The third-order valence-electron chi connectivity index (χ3n) is 4.05. The highest BCUT2D eigenvalue weighted by atomic mass is 35.5. The number of piperidine rings is 1. The lowest BCUT2D eigenvalue weighted by atomic mass is 9.98. The van der Waals surface area contributed by atoms with Gasteiger partial charge in [0.2, 0.25) is 5.91 Å². The van der Waals surface area contributed by atoms with Crippen LogP contribution in [0.5, 0.6) is 5.75 Å². The van der Waals surface area contributed by atoms with Crippen LogP contribution in [0.4, 0.5) is 5.13 Å². The monoisotopic (exact) mass is 365 g/mol. The molecule has 2 aromatic rings. The van der Waals surface area contributed by atoms with Gasteiger partial charge in [0, 0.05) is 16.6 Å². The number of hydrogen-bond donors (Lipinski definition) is 1. The predicted molar refractivity (Wildman–Crippen MR) is 96.9 cm³/mol. The quantitative estimate of drug-likeness (QED) is 0.850. The van der Waals surface area contributed by atoms with Gasteiger partial charge in [0.1, 0.15) is 5.75 Å². The molecule has 1 aliphatic heterocycles. The number of thiazole rings is 1. The summed E-state index contributed by atoms with van der Waals surface area (Å²) in [7, 11) is 0. The highest BCUT2D eigenvalue weighted by Gasteiger charge is 2.21. The van der Waals surface area contributed by atoms with Gasteiger partial charge < -0.3 is 10.1 Å². The predicted octanol–water partition coefficient (Wildman–Crippen LogP) is 3.53. The first-order chi connectivity index (χ1) is 11.7. The second-order valence-corrected chi connectivity index (χ2v) is 7.20. The van der Waals surface area contributed by atoms with Crippen molar-refractivity contribution >= 4 is 34.0 Å². The molecule has 0 radical (unpaired) electrons. The van der Waals surface area contributed by atoms with Crippen LogP contribution in [0.25, 0.3) is 0 Å². The van der Waals surface area contributed by atoms with Crippen LogP contribution in [0.3, 0.4) is 0 Å². The van der Waals surface area contributed by atoms with Crippen molar-refractivity contribution in [2.75, 3.05) is 31.6 Å². The van der Waals surface area contributed by atoms with Gasteiger partial charge in [-0.25, -0.2) is 4.98 Å². The summed E-state index contributed by atoms with van der Waals surface area (Å²) in [5, 5.41) is 6.05. The van der Waals surface area contributed by atoms with Crippen molar-refractivity contribution in [2.45, 2.75) is 12.8 Å². The van der Waals surface area contributed by atoms with Gasteiger partial charge in [-0.05, 0) is 56.1 Å². The third kappa shape index (κ3) is 5.19. The molecule has 0 spiro atoms. The summed E-state index contributed by atoms with van der Waals surface area (Å²) in [5.41, 5.74) is 0. The Morgan fingerprint density at radius 1 is 1.33 bits per heavy atom. The lowest BCUT2D eigenvalue weighted by Crippen LogP contribution is -2.40. The zero-order valence-electron chi connectivity index (χ0n) is 13.3. The third-order valence-corrected chi connectivity index (χ3v) is 4.99. The van der Waals surface area contributed by atoms with Crippen LogP contribution in [0, 0.1) is 5.92 Å². The molecule has 1 amide bonds. The van der Waals surface area contributed by atoms with Gasteiger partial charge in [-0.2, -0.15) is 0 Å². The minimum atomic E-state index is 0.000754. The Hall–Kier alpha value is -1.63. The number of carbonyl (C=O) groups excluding carboxylic acids is 1. The van der Waals surface area contributed by atoms with Crippen molar-refractivity contribution in [3.63, 3.8) is 0 Å². The Morgan fingerprint density at radius 2 is 2.08 bits per heavy atom. The molecule has 0 atom stereocenters. The van der Waals surface area contributed by atoms with Gasteiger partial charge in [-0.3, -0.25) is 9.69 Å². The number of carbonyl (C=O) groups is 1. The molecule has 5 nitrogen and oxygen atoms in total. The van der Waals surface area contributed by atoms with Gasteiger partial charge >= 0.3 is 0 Å². The number of aromatic nitrogens is 1. The fourth-order valence-corrected chi connectivity index (χ4v) is 3.37. The fourth-order valence-electron chi connectivity index (χ4n) is 2.70. The highest BCUT2D eigenvalue weighted by molar-refractivity contribution is 7.13. The number of amides is 1. The molecule has 1 saturated heterocycles. The van der Waals surface area contributed by atoms with E-state index in [1.807, 2.05) is 29.6 Å². The van der Waals surface area contributed by atoms with Crippen molar-refractivity contribution in [1.82, 2.24) is 9.88 Å². The normalized spacial score (nSPS) is 16.0. The maximum Gasteiger partial charge on any atom is 0.240 e. The lowest BCUT2D eigenvalue weighted by Gasteiger charge is -2.31. The van der Waals surface area contributed by atoms with Gasteiger partial charge in [0.25, 0.3) is 0 Å². The van der Waals surface area contributed by atoms with Gasteiger partial charge in [-0.15, -0.1) is 11.3 Å². The zero-order chi connectivity index (χ0) is 16.8. The average molecular weight is 366 g/mol. The molecule has 1 aromatic carbocycles. The Bertz CT molecular complexity index is 640. The Kier molecular flexibility index (Phi) is 6.07.